The fourth-order valence-corrected chi connectivity index (χ4v) is 3.56. The Morgan fingerprint density at radius 1 is 1.22 bits per heavy atom. The lowest BCUT2D eigenvalue weighted by Crippen LogP contribution is -2.23. The molecule has 10 heteroatoms. The molecule has 3 aromatic rings. The van der Waals surface area contributed by atoms with Crippen LogP contribution < -0.4 is 5.69 Å². The molecule has 0 amide bonds. The zero-order chi connectivity index (χ0) is 23.0. The number of halogens is 3. The van der Waals surface area contributed by atoms with E-state index in [9.17, 15) is 18.0 Å². The molecule has 1 heterocycles. The van der Waals surface area contributed by atoms with Crippen LogP contribution in [0.25, 0.3) is 5.69 Å². The summed E-state index contributed by atoms with van der Waals surface area (Å²) in [6.45, 7) is 3.46. The van der Waals surface area contributed by atoms with Crippen LogP contribution in [-0.4, -0.2) is 25.5 Å². The van der Waals surface area contributed by atoms with Crippen LogP contribution in [0.15, 0.2) is 46.3 Å². The SMILES string of the molecule is C/C(=N/OCc1c(C)cccc1-n1nnn(C)c1=O)c1ccc(C2CC2)c(C(F)(F)F)c1. The summed E-state index contributed by atoms with van der Waals surface area (Å²) >= 11 is 0. The van der Waals surface area contributed by atoms with Crippen molar-refractivity contribution in [1.29, 1.82) is 0 Å². The Balaban J connectivity index is 1.58. The molecule has 0 unspecified atom stereocenters. The van der Waals surface area contributed by atoms with Crippen LogP contribution >= 0.6 is 0 Å². The molecule has 0 radical (unpaired) electrons. The van der Waals surface area contributed by atoms with Crippen LogP contribution in [0.3, 0.4) is 0 Å². The molecule has 168 valence electrons. The molecular formula is C22H22F3N5O2. The molecule has 2 aromatic carbocycles. The van der Waals surface area contributed by atoms with E-state index in [4.69, 9.17) is 4.84 Å². The molecule has 4 rings (SSSR count). The van der Waals surface area contributed by atoms with Crippen LogP contribution in [0, 0.1) is 6.92 Å². The third kappa shape index (κ3) is 4.30. The highest BCUT2D eigenvalue weighted by Gasteiger charge is 2.38. The molecule has 0 bridgehead atoms. The van der Waals surface area contributed by atoms with E-state index in [1.165, 1.54) is 13.1 Å². The molecule has 7 nitrogen and oxygen atoms in total. The van der Waals surface area contributed by atoms with Gasteiger partial charge in [0.2, 0.25) is 0 Å². The van der Waals surface area contributed by atoms with E-state index < -0.39 is 17.4 Å². The maximum atomic E-state index is 13.5. The second kappa shape index (κ2) is 8.25. The quantitative estimate of drug-likeness (QED) is 0.423. The first-order valence-corrected chi connectivity index (χ1v) is 10.1. The molecule has 1 aliphatic rings. The van der Waals surface area contributed by atoms with Gasteiger partial charge in [-0.05, 0) is 71.9 Å². The number of nitrogens with zero attached hydrogens (tertiary/aromatic N) is 5. The number of tetrazole rings is 1. The summed E-state index contributed by atoms with van der Waals surface area (Å²) < 4.78 is 42.8. The average Bonchev–Trinajstić information content (AvgIpc) is 3.54. The van der Waals surface area contributed by atoms with Gasteiger partial charge < -0.3 is 4.84 Å². The van der Waals surface area contributed by atoms with E-state index in [2.05, 4.69) is 15.6 Å². The average molecular weight is 445 g/mol. The van der Waals surface area contributed by atoms with Crippen LogP contribution in [0.5, 0.6) is 0 Å². The van der Waals surface area contributed by atoms with Gasteiger partial charge in [0, 0.05) is 12.6 Å². The van der Waals surface area contributed by atoms with Crippen molar-refractivity contribution >= 4 is 5.71 Å². The molecule has 0 atom stereocenters. The van der Waals surface area contributed by atoms with E-state index >= 15 is 0 Å². The summed E-state index contributed by atoms with van der Waals surface area (Å²) in [6, 6.07) is 9.66. The second-order valence-corrected chi connectivity index (χ2v) is 7.89. The summed E-state index contributed by atoms with van der Waals surface area (Å²) in [5.74, 6) is -0.0156. The predicted molar refractivity (Wildman–Crippen MR) is 112 cm³/mol. The van der Waals surface area contributed by atoms with Gasteiger partial charge in [0.1, 0.15) is 6.61 Å². The monoisotopic (exact) mass is 445 g/mol. The molecule has 0 saturated heterocycles. The zero-order valence-electron chi connectivity index (χ0n) is 17.8. The first-order chi connectivity index (χ1) is 15.2. The second-order valence-electron chi connectivity index (χ2n) is 7.89. The highest BCUT2D eigenvalue weighted by atomic mass is 19.4. The fourth-order valence-electron chi connectivity index (χ4n) is 3.56. The van der Waals surface area contributed by atoms with Crippen LogP contribution in [0.1, 0.15) is 53.5 Å². The van der Waals surface area contributed by atoms with Gasteiger partial charge in [-0.15, -0.1) is 0 Å². The summed E-state index contributed by atoms with van der Waals surface area (Å²) in [5.41, 5.74) is 2.01. The summed E-state index contributed by atoms with van der Waals surface area (Å²) in [7, 11) is 1.50. The molecule has 1 saturated carbocycles. The maximum absolute atomic E-state index is 13.5. The van der Waals surface area contributed by atoms with Gasteiger partial charge in [0.25, 0.3) is 0 Å². The summed E-state index contributed by atoms with van der Waals surface area (Å²) in [4.78, 5) is 17.7. The molecule has 0 N–H and O–H groups in total. The number of aryl methyl sites for hydroxylation is 2. The summed E-state index contributed by atoms with van der Waals surface area (Å²) in [5, 5.41) is 11.6. The minimum absolute atomic E-state index is 0.00858. The number of aromatic nitrogens is 4. The Morgan fingerprint density at radius 2 is 1.97 bits per heavy atom. The van der Waals surface area contributed by atoms with Crippen molar-refractivity contribution < 1.29 is 18.0 Å². The van der Waals surface area contributed by atoms with Crippen molar-refractivity contribution in [2.75, 3.05) is 0 Å². The van der Waals surface area contributed by atoms with E-state index in [1.54, 1.807) is 25.1 Å². The molecule has 32 heavy (non-hydrogen) atoms. The lowest BCUT2D eigenvalue weighted by Gasteiger charge is -2.14. The predicted octanol–water partition coefficient (Wildman–Crippen LogP) is 4.11. The first kappa shape index (κ1) is 21.8. The third-order valence-electron chi connectivity index (χ3n) is 5.54. The fraction of sp³-hybridized carbons (Fsp3) is 0.364. The van der Waals surface area contributed by atoms with Gasteiger partial charge in [-0.3, -0.25) is 0 Å². The Morgan fingerprint density at radius 3 is 2.59 bits per heavy atom. The topological polar surface area (TPSA) is 74.3 Å². The number of hydrogen-bond acceptors (Lipinski definition) is 5. The third-order valence-corrected chi connectivity index (χ3v) is 5.54. The molecule has 0 aliphatic heterocycles. The number of benzene rings is 2. The van der Waals surface area contributed by atoms with Gasteiger partial charge in [-0.1, -0.05) is 29.4 Å². The number of oxime groups is 1. The lowest BCUT2D eigenvalue weighted by molar-refractivity contribution is -0.138. The Kier molecular flexibility index (Phi) is 5.62. The van der Waals surface area contributed by atoms with Gasteiger partial charge in [0.15, 0.2) is 0 Å². The van der Waals surface area contributed by atoms with E-state index in [1.807, 2.05) is 13.0 Å². The number of hydrogen-bond donors (Lipinski definition) is 0. The van der Waals surface area contributed by atoms with Gasteiger partial charge >= 0.3 is 11.9 Å². The smallest absolute Gasteiger partial charge is 0.391 e. The van der Waals surface area contributed by atoms with Crippen molar-refractivity contribution in [2.24, 2.45) is 12.2 Å². The molecular weight excluding hydrogens is 423 g/mol. The molecule has 1 aromatic heterocycles. The van der Waals surface area contributed by atoms with Crippen LogP contribution in [0.4, 0.5) is 13.2 Å². The number of alkyl halides is 3. The van der Waals surface area contributed by atoms with Crippen molar-refractivity contribution in [3.63, 3.8) is 0 Å². The highest BCUT2D eigenvalue weighted by molar-refractivity contribution is 5.98. The maximum Gasteiger partial charge on any atom is 0.416 e. The zero-order valence-corrected chi connectivity index (χ0v) is 17.8. The van der Waals surface area contributed by atoms with Crippen molar-refractivity contribution in [3.05, 3.63) is 74.7 Å². The van der Waals surface area contributed by atoms with Gasteiger partial charge in [0.05, 0.1) is 17.0 Å². The Labute approximate surface area is 182 Å². The normalized spacial score (nSPS) is 14.6. The molecule has 0 spiro atoms. The van der Waals surface area contributed by atoms with Crippen molar-refractivity contribution in [2.45, 2.75) is 45.4 Å². The molecule has 1 fully saturated rings. The Bertz CT molecular complexity index is 1240. The van der Waals surface area contributed by atoms with E-state index in [0.717, 1.165) is 33.8 Å². The first-order valence-electron chi connectivity index (χ1n) is 10.1. The minimum atomic E-state index is -4.42. The lowest BCUT2D eigenvalue weighted by atomic mass is 9.98. The number of rotatable bonds is 6. The molecule has 1 aliphatic carbocycles. The van der Waals surface area contributed by atoms with Crippen molar-refractivity contribution in [3.8, 4) is 5.69 Å². The standard InChI is InChI=1S/C22H22F3N5O2/c1-13-5-4-6-20(30-21(31)29(3)27-28-30)18(13)12-32-26-14(2)16-9-10-17(15-7-8-15)19(11-16)22(23,24)25/h4-6,9-11,15H,7-8,12H2,1-3H3/b26-14-. The van der Waals surface area contributed by atoms with Crippen LogP contribution in [-0.2, 0) is 24.7 Å². The van der Waals surface area contributed by atoms with Crippen LogP contribution in [0.2, 0.25) is 0 Å². The van der Waals surface area contributed by atoms with Crippen molar-refractivity contribution in [1.82, 2.24) is 19.8 Å². The van der Waals surface area contributed by atoms with E-state index in [0.29, 0.717) is 28.1 Å². The highest BCUT2D eigenvalue weighted by Crippen LogP contribution is 2.46. The Hall–Kier alpha value is -3.43. The summed E-state index contributed by atoms with van der Waals surface area (Å²) in [6.07, 6.45) is -2.85. The van der Waals surface area contributed by atoms with Gasteiger partial charge in [-0.2, -0.15) is 22.5 Å². The largest absolute Gasteiger partial charge is 0.416 e. The van der Waals surface area contributed by atoms with E-state index in [-0.39, 0.29) is 12.5 Å². The minimum Gasteiger partial charge on any atom is -0.391 e. The van der Waals surface area contributed by atoms with Gasteiger partial charge in [-0.25, -0.2) is 4.79 Å².